The fourth-order valence-corrected chi connectivity index (χ4v) is 1.77. The second kappa shape index (κ2) is 5.96. The van der Waals surface area contributed by atoms with Crippen molar-refractivity contribution in [1.82, 2.24) is 14.6 Å². The molecule has 0 fully saturated rings. The minimum Gasteiger partial charge on any atom is -0.478 e. The van der Waals surface area contributed by atoms with E-state index in [2.05, 4.69) is 10.2 Å². The van der Waals surface area contributed by atoms with Crippen LogP contribution in [0.5, 0.6) is 0 Å². The first-order valence-electron chi connectivity index (χ1n) is 5.46. The van der Waals surface area contributed by atoms with Gasteiger partial charge in [-0.05, 0) is 6.07 Å². The van der Waals surface area contributed by atoms with E-state index in [0.717, 1.165) is 0 Å². The molecular formula is C11H12ClN3O4. The molecule has 2 aromatic rings. The van der Waals surface area contributed by atoms with E-state index in [1.807, 2.05) is 0 Å². The van der Waals surface area contributed by atoms with Crippen LogP contribution >= 0.6 is 11.6 Å². The lowest BCUT2D eigenvalue weighted by molar-refractivity contribution is 0.0582. The molecule has 0 radical (unpaired) electrons. The number of methoxy groups -OCH3 is 1. The van der Waals surface area contributed by atoms with Gasteiger partial charge in [0.15, 0.2) is 11.5 Å². The largest absolute Gasteiger partial charge is 0.478 e. The van der Waals surface area contributed by atoms with Gasteiger partial charge in [-0.1, -0.05) is 11.6 Å². The topological polar surface area (TPSA) is 86.0 Å². The number of ether oxygens (including phenoxy) is 2. The van der Waals surface area contributed by atoms with Crippen molar-refractivity contribution in [3.8, 4) is 0 Å². The van der Waals surface area contributed by atoms with E-state index in [0.29, 0.717) is 24.7 Å². The van der Waals surface area contributed by atoms with Gasteiger partial charge in [0.25, 0.3) is 0 Å². The standard InChI is InChI=1S/C11H12ClN3O4/c1-18-2-3-19-6-9-13-14-10-8(12)4-7(11(16)17)5-15(9)10/h4-5H,2-3,6H2,1H3,(H,16,17). The van der Waals surface area contributed by atoms with Crippen LogP contribution in [0.2, 0.25) is 5.02 Å². The lowest BCUT2D eigenvalue weighted by Gasteiger charge is -2.04. The number of nitrogens with zero attached hydrogens (tertiary/aromatic N) is 3. The molecular weight excluding hydrogens is 274 g/mol. The van der Waals surface area contributed by atoms with Crippen molar-refractivity contribution in [3.63, 3.8) is 0 Å². The van der Waals surface area contributed by atoms with Crippen molar-refractivity contribution in [2.24, 2.45) is 0 Å². The maximum atomic E-state index is 11.0. The number of fused-ring (bicyclic) bond motifs is 1. The highest BCUT2D eigenvalue weighted by molar-refractivity contribution is 6.33. The third kappa shape index (κ3) is 3.01. The Morgan fingerprint density at radius 3 is 2.95 bits per heavy atom. The van der Waals surface area contributed by atoms with Crippen LogP contribution in [0, 0.1) is 0 Å². The summed E-state index contributed by atoms with van der Waals surface area (Å²) in [7, 11) is 1.58. The van der Waals surface area contributed by atoms with Gasteiger partial charge in [0.05, 0.1) is 23.8 Å². The quantitative estimate of drug-likeness (QED) is 0.804. The second-order valence-electron chi connectivity index (χ2n) is 3.74. The Labute approximate surface area is 113 Å². The van der Waals surface area contributed by atoms with Gasteiger partial charge in [0.2, 0.25) is 0 Å². The SMILES string of the molecule is COCCOCc1nnc2c(Cl)cc(C(=O)O)cn12. The molecule has 7 nitrogen and oxygen atoms in total. The van der Waals surface area contributed by atoms with Gasteiger partial charge in [-0.2, -0.15) is 0 Å². The molecule has 0 atom stereocenters. The average molecular weight is 286 g/mol. The van der Waals surface area contributed by atoms with Crippen LogP contribution in [0.1, 0.15) is 16.2 Å². The summed E-state index contributed by atoms with van der Waals surface area (Å²) < 4.78 is 11.7. The van der Waals surface area contributed by atoms with Crippen LogP contribution in [0.15, 0.2) is 12.3 Å². The van der Waals surface area contributed by atoms with Crippen LogP contribution in [-0.4, -0.2) is 46.0 Å². The zero-order chi connectivity index (χ0) is 13.8. The number of pyridine rings is 1. The highest BCUT2D eigenvalue weighted by atomic mass is 35.5. The molecule has 2 rings (SSSR count). The van der Waals surface area contributed by atoms with Gasteiger partial charge in [-0.3, -0.25) is 4.40 Å². The monoisotopic (exact) mass is 285 g/mol. The van der Waals surface area contributed by atoms with Gasteiger partial charge in [0, 0.05) is 13.3 Å². The minimum atomic E-state index is -1.07. The maximum absolute atomic E-state index is 11.0. The van der Waals surface area contributed by atoms with E-state index in [1.54, 1.807) is 7.11 Å². The molecule has 102 valence electrons. The third-order valence-corrected chi connectivity index (χ3v) is 2.72. The van der Waals surface area contributed by atoms with Crippen molar-refractivity contribution in [3.05, 3.63) is 28.7 Å². The normalized spacial score (nSPS) is 11.1. The number of halogens is 1. The Hall–Kier alpha value is -1.70. The predicted octanol–water partition coefficient (Wildman–Crippen LogP) is 1.24. The lowest BCUT2D eigenvalue weighted by atomic mass is 10.3. The van der Waals surface area contributed by atoms with Crippen LogP contribution in [0.25, 0.3) is 5.65 Å². The summed E-state index contributed by atoms with van der Waals surface area (Å²) in [5, 5.41) is 17.0. The van der Waals surface area contributed by atoms with Crippen LogP contribution < -0.4 is 0 Å². The molecule has 0 aliphatic carbocycles. The summed E-state index contributed by atoms with van der Waals surface area (Å²) in [6, 6.07) is 1.34. The number of carboxylic acids is 1. The molecule has 2 heterocycles. The molecule has 0 bridgehead atoms. The van der Waals surface area contributed by atoms with Crippen LogP contribution in [-0.2, 0) is 16.1 Å². The van der Waals surface area contributed by atoms with Gasteiger partial charge in [0.1, 0.15) is 6.61 Å². The Kier molecular flexibility index (Phi) is 4.31. The van der Waals surface area contributed by atoms with Gasteiger partial charge in [-0.25, -0.2) is 4.79 Å². The number of carboxylic acid groups (broad SMARTS) is 1. The van der Waals surface area contributed by atoms with Crippen molar-refractivity contribution in [2.45, 2.75) is 6.61 Å². The van der Waals surface area contributed by atoms with Crippen molar-refractivity contribution in [1.29, 1.82) is 0 Å². The van der Waals surface area contributed by atoms with Crippen LogP contribution in [0.4, 0.5) is 0 Å². The Morgan fingerprint density at radius 1 is 1.47 bits per heavy atom. The Bertz CT molecular complexity index is 599. The molecule has 19 heavy (non-hydrogen) atoms. The molecule has 8 heteroatoms. The zero-order valence-corrected chi connectivity index (χ0v) is 10.9. The van der Waals surface area contributed by atoms with Crippen molar-refractivity contribution < 1.29 is 19.4 Å². The second-order valence-corrected chi connectivity index (χ2v) is 4.14. The summed E-state index contributed by atoms with van der Waals surface area (Å²) in [6.45, 7) is 1.08. The van der Waals surface area contributed by atoms with E-state index in [9.17, 15) is 4.79 Å². The molecule has 0 saturated carbocycles. The van der Waals surface area contributed by atoms with Gasteiger partial charge in [-0.15, -0.1) is 10.2 Å². The lowest BCUT2D eigenvalue weighted by Crippen LogP contribution is -2.06. The third-order valence-electron chi connectivity index (χ3n) is 2.44. The maximum Gasteiger partial charge on any atom is 0.337 e. The number of hydrogen-bond donors (Lipinski definition) is 1. The number of aromatic carboxylic acids is 1. The van der Waals surface area contributed by atoms with E-state index in [-0.39, 0.29) is 17.2 Å². The average Bonchev–Trinajstić information content (AvgIpc) is 2.78. The summed E-state index contributed by atoms with van der Waals surface area (Å²) in [5.41, 5.74) is 0.465. The van der Waals surface area contributed by atoms with Crippen LogP contribution in [0.3, 0.4) is 0 Å². The molecule has 2 aromatic heterocycles. The van der Waals surface area contributed by atoms with E-state index in [4.69, 9.17) is 26.2 Å². The van der Waals surface area contributed by atoms with Crippen molar-refractivity contribution >= 4 is 23.2 Å². The Balaban J connectivity index is 2.27. The smallest absolute Gasteiger partial charge is 0.337 e. The van der Waals surface area contributed by atoms with E-state index in [1.165, 1.54) is 16.7 Å². The molecule has 0 aliphatic heterocycles. The van der Waals surface area contributed by atoms with E-state index < -0.39 is 5.97 Å². The number of hydrogen-bond acceptors (Lipinski definition) is 5. The minimum absolute atomic E-state index is 0.0652. The molecule has 0 spiro atoms. The first-order valence-corrected chi connectivity index (χ1v) is 5.84. The summed E-state index contributed by atoms with van der Waals surface area (Å²) in [4.78, 5) is 11.0. The first kappa shape index (κ1) is 13.7. The molecule has 0 amide bonds. The van der Waals surface area contributed by atoms with Gasteiger partial charge >= 0.3 is 5.97 Å². The predicted molar refractivity (Wildman–Crippen MR) is 66.5 cm³/mol. The Morgan fingerprint density at radius 2 is 2.26 bits per heavy atom. The molecule has 1 N–H and O–H groups in total. The van der Waals surface area contributed by atoms with Crippen molar-refractivity contribution in [2.75, 3.05) is 20.3 Å². The highest BCUT2D eigenvalue weighted by Gasteiger charge is 2.13. The van der Waals surface area contributed by atoms with E-state index >= 15 is 0 Å². The summed E-state index contributed by atoms with van der Waals surface area (Å²) in [5.74, 6) is -0.583. The number of aromatic nitrogens is 3. The summed E-state index contributed by atoms with van der Waals surface area (Å²) in [6.07, 6.45) is 1.42. The molecule has 0 saturated heterocycles. The fraction of sp³-hybridized carbons (Fsp3) is 0.364. The molecule has 0 aliphatic rings. The number of rotatable bonds is 6. The highest BCUT2D eigenvalue weighted by Crippen LogP contribution is 2.18. The number of carbonyl (C=O) groups is 1. The summed E-state index contributed by atoms with van der Waals surface area (Å²) >= 11 is 5.96. The van der Waals surface area contributed by atoms with Gasteiger partial charge < -0.3 is 14.6 Å². The first-order chi connectivity index (χ1) is 9.13. The molecule has 0 aromatic carbocycles. The molecule has 0 unspecified atom stereocenters. The zero-order valence-electron chi connectivity index (χ0n) is 10.2. The fourth-order valence-electron chi connectivity index (χ4n) is 1.52.